The maximum atomic E-state index is 12.4. The highest BCUT2D eigenvalue weighted by molar-refractivity contribution is 5.92. The van der Waals surface area contributed by atoms with E-state index in [-0.39, 0.29) is 12.5 Å². The molecule has 0 atom stereocenters. The average molecular weight is 349 g/mol. The third kappa shape index (κ3) is 5.10. The molecule has 0 fully saturated rings. The van der Waals surface area contributed by atoms with Crippen molar-refractivity contribution in [2.45, 2.75) is 19.5 Å². The molecule has 1 N–H and O–H groups in total. The Labute approximate surface area is 151 Å². The van der Waals surface area contributed by atoms with Gasteiger partial charge in [-0.05, 0) is 42.0 Å². The van der Waals surface area contributed by atoms with Gasteiger partial charge in [-0.3, -0.25) is 9.69 Å². The molecule has 0 radical (unpaired) electrons. The lowest BCUT2D eigenvalue weighted by Crippen LogP contribution is -2.32. The van der Waals surface area contributed by atoms with Crippen molar-refractivity contribution in [3.8, 4) is 6.07 Å². The van der Waals surface area contributed by atoms with E-state index >= 15 is 0 Å². The molecule has 0 spiro atoms. The molecule has 0 bridgehead atoms. The molecule has 3 aromatic rings. The second kappa shape index (κ2) is 8.70. The summed E-state index contributed by atoms with van der Waals surface area (Å²) in [5, 5.41) is 11.6. The standard InChI is InChI=1S/C20H19N3O3/c21-10-9-16-5-7-17(8-6-16)22-20(24)15-23(13-18-3-1-11-25-18)14-19-4-2-12-26-19/h1-8,11-12H,9,13-15H2,(H,22,24). The topological polar surface area (TPSA) is 82.4 Å². The number of rotatable bonds is 8. The quantitative estimate of drug-likeness (QED) is 0.672. The van der Waals surface area contributed by atoms with Crippen molar-refractivity contribution in [2.75, 3.05) is 11.9 Å². The second-order valence-electron chi connectivity index (χ2n) is 5.88. The lowest BCUT2D eigenvalue weighted by atomic mass is 10.1. The van der Waals surface area contributed by atoms with Crippen LogP contribution >= 0.6 is 0 Å². The van der Waals surface area contributed by atoms with Gasteiger partial charge in [0, 0.05) is 5.69 Å². The van der Waals surface area contributed by atoms with Crippen LogP contribution in [-0.2, 0) is 24.3 Å². The lowest BCUT2D eigenvalue weighted by Gasteiger charge is -2.19. The van der Waals surface area contributed by atoms with E-state index in [0.29, 0.717) is 25.2 Å². The van der Waals surface area contributed by atoms with Crippen LogP contribution in [0.15, 0.2) is 69.9 Å². The first-order valence-electron chi connectivity index (χ1n) is 8.26. The van der Waals surface area contributed by atoms with Gasteiger partial charge in [0.1, 0.15) is 11.5 Å². The molecule has 1 amide bonds. The van der Waals surface area contributed by atoms with Crippen molar-refractivity contribution in [1.82, 2.24) is 4.90 Å². The highest BCUT2D eigenvalue weighted by atomic mass is 16.3. The van der Waals surface area contributed by atoms with Crippen molar-refractivity contribution >= 4 is 11.6 Å². The first kappa shape index (κ1) is 17.5. The van der Waals surface area contributed by atoms with Gasteiger partial charge in [-0.15, -0.1) is 0 Å². The fourth-order valence-electron chi connectivity index (χ4n) is 2.61. The Balaban J connectivity index is 1.61. The Kier molecular flexibility index (Phi) is 5.86. The zero-order valence-corrected chi connectivity index (χ0v) is 14.2. The molecule has 6 heteroatoms. The second-order valence-corrected chi connectivity index (χ2v) is 5.88. The fraction of sp³-hybridized carbons (Fsp3) is 0.200. The summed E-state index contributed by atoms with van der Waals surface area (Å²) in [4.78, 5) is 14.4. The summed E-state index contributed by atoms with van der Waals surface area (Å²) in [6.07, 6.45) is 3.58. The Morgan fingerprint density at radius 1 is 1.00 bits per heavy atom. The van der Waals surface area contributed by atoms with Crippen LogP contribution in [0, 0.1) is 11.3 Å². The summed E-state index contributed by atoms with van der Waals surface area (Å²) in [7, 11) is 0. The Hall–Kier alpha value is -3.30. The summed E-state index contributed by atoms with van der Waals surface area (Å²) in [6, 6.07) is 16.8. The molecule has 3 rings (SSSR count). The maximum absolute atomic E-state index is 12.4. The highest BCUT2D eigenvalue weighted by Crippen LogP contribution is 2.13. The highest BCUT2D eigenvalue weighted by Gasteiger charge is 2.15. The van der Waals surface area contributed by atoms with Gasteiger partial charge in [0.25, 0.3) is 0 Å². The van der Waals surface area contributed by atoms with E-state index in [0.717, 1.165) is 17.1 Å². The van der Waals surface area contributed by atoms with Gasteiger partial charge in [0.15, 0.2) is 0 Å². The van der Waals surface area contributed by atoms with E-state index < -0.39 is 0 Å². The van der Waals surface area contributed by atoms with Crippen molar-refractivity contribution < 1.29 is 13.6 Å². The SMILES string of the molecule is N#CCc1ccc(NC(=O)CN(Cc2ccco2)Cc2ccco2)cc1. The number of nitriles is 1. The van der Waals surface area contributed by atoms with E-state index in [1.54, 1.807) is 24.7 Å². The molecule has 0 saturated carbocycles. The Bertz CT molecular complexity index is 811. The summed E-state index contributed by atoms with van der Waals surface area (Å²) in [5.41, 5.74) is 1.62. The van der Waals surface area contributed by atoms with Crippen LogP contribution < -0.4 is 5.32 Å². The van der Waals surface area contributed by atoms with Crippen LogP contribution in [0.25, 0.3) is 0 Å². The van der Waals surface area contributed by atoms with Crippen LogP contribution in [-0.4, -0.2) is 17.4 Å². The minimum absolute atomic E-state index is 0.129. The molecule has 2 heterocycles. The number of benzene rings is 1. The minimum Gasteiger partial charge on any atom is -0.468 e. The number of nitrogens with zero attached hydrogens (tertiary/aromatic N) is 2. The van der Waals surface area contributed by atoms with Gasteiger partial charge in [-0.25, -0.2) is 0 Å². The molecule has 2 aromatic heterocycles. The van der Waals surface area contributed by atoms with E-state index in [1.807, 2.05) is 41.3 Å². The molecular formula is C20H19N3O3. The Morgan fingerprint density at radius 2 is 1.62 bits per heavy atom. The number of hydrogen-bond donors (Lipinski definition) is 1. The summed E-state index contributed by atoms with van der Waals surface area (Å²) < 4.78 is 10.8. The van der Waals surface area contributed by atoms with Crippen LogP contribution in [0.4, 0.5) is 5.69 Å². The molecule has 0 aliphatic carbocycles. The largest absolute Gasteiger partial charge is 0.468 e. The zero-order valence-electron chi connectivity index (χ0n) is 14.2. The van der Waals surface area contributed by atoms with E-state index in [4.69, 9.17) is 14.1 Å². The fourth-order valence-corrected chi connectivity index (χ4v) is 2.61. The van der Waals surface area contributed by atoms with Crippen molar-refractivity contribution in [3.05, 3.63) is 78.1 Å². The summed E-state index contributed by atoms with van der Waals surface area (Å²) in [6.45, 7) is 1.20. The van der Waals surface area contributed by atoms with Crippen LogP contribution in [0.2, 0.25) is 0 Å². The molecule has 132 valence electrons. The average Bonchev–Trinajstić information content (AvgIpc) is 3.31. The maximum Gasteiger partial charge on any atom is 0.238 e. The van der Waals surface area contributed by atoms with Gasteiger partial charge in [-0.1, -0.05) is 12.1 Å². The number of amides is 1. The van der Waals surface area contributed by atoms with Crippen LogP contribution in [0.1, 0.15) is 17.1 Å². The third-order valence-electron chi connectivity index (χ3n) is 3.81. The van der Waals surface area contributed by atoms with Gasteiger partial charge in [0.05, 0.1) is 44.7 Å². The number of hydrogen-bond acceptors (Lipinski definition) is 5. The Morgan fingerprint density at radius 3 is 2.12 bits per heavy atom. The van der Waals surface area contributed by atoms with Gasteiger partial charge >= 0.3 is 0 Å². The normalized spacial score (nSPS) is 10.6. The zero-order chi connectivity index (χ0) is 18.2. The predicted molar refractivity (Wildman–Crippen MR) is 95.9 cm³/mol. The number of nitrogens with one attached hydrogen (secondary N) is 1. The third-order valence-corrected chi connectivity index (χ3v) is 3.81. The smallest absolute Gasteiger partial charge is 0.238 e. The number of anilines is 1. The molecular weight excluding hydrogens is 330 g/mol. The van der Waals surface area contributed by atoms with Crippen molar-refractivity contribution in [2.24, 2.45) is 0 Å². The molecule has 1 aromatic carbocycles. The molecule has 26 heavy (non-hydrogen) atoms. The first-order valence-corrected chi connectivity index (χ1v) is 8.26. The predicted octanol–water partition coefficient (Wildman–Crippen LogP) is 3.58. The minimum atomic E-state index is -0.129. The van der Waals surface area contributed by atoms with Gasteiger partial charge < -0.3 is 14.2 Å². The molecule has 0 aliphatic heterocycles. The van der Waals surface area contributed by atoms with E-state index in [2.05, 4.69) is 11.4 Å². The summed E-state index contributed by atoms with van der Waals surface area (Å²) >= 11 is 0. The molecule has 0 saturated heterocycles. The molecule has 6 nitrogen and oxygen atoms in total. The molecule has 0 unspecified atom stereocenters. The van der Waals surface area contributed by atoms with Crippen molar-refractivity contribution in [3.63, 3.8) is 0 Å². The van der Waals surface area contributed by atoms with E-state index in [9.17, 15) is 4.79 Å². The molecule has 0 aliphatic rings. The number of furan rings is 2. The first-order chi connectivity index (χ1) is 12.7. The monoisotopic (exact) mass is 349 g/mol. The van der Waals surface area contributed by atoms with Gasteiger partial charge in [0.2, 0.25) is 5.91 Å². The lowest BCUT2D eigenvalue weighted by molar-refractivity contribution is -0.117. The van der Waals surface area contributed by atoms with Crippen molar-refractivity contribution in [1.29, 1.82) is 5.26 Å². The summed E-state index contributed by atoms with van der Waals surface area (Å²) in [5.74, 6) is 1.44. The van der Waals surface area contributed by atoms with Gasteiger partial charge in [-0.2, -0.15) is 5.26 Å². The van der Waals surface area contributed by atoms with Crippen LogP contribution in [0.5, 0.6) is 0 Å². The van der Waals surface area contributed by atoms with Crippen LogP contribution in [0.3, 0.4) is 0 Å². The van der Waals surface area contributed by atoms with E-state index in [1.165, 1.54) is 0 Å². The number of carbonyl (C=O) groups excluding carboxylic acids is 1. The number of carbonyl (C=O) groups is 1.